The van der Waals surface area contributed by atoms with Crippen LogP contribution in [0.25, 0.3) is 0 Å². The van der Waals surface area contributed by atoms with Gasteiger partial charge in [-0.2, -0.15) is 0 Å². The van der Waals surface area contributed by atoms with Crippen LogP contribution in [0.5, 0.6) is 0 Å². The molecule has 0 radical (unpaired) electrons. The molecular weight excluding hydrogens is 352 g/mol. The topological polar surface area (TPSA) is 150 Å². The fourth-order valence-corrected chi connectivity index (χ4v) is 2.42. The number of hydrogen-bond acceptors (Lipinski definition) is 7. The third-order valence-electron chi connectivity index (χ3n) is 3.78. The van der Waals surface area contributed by atoms with Crippen molar-refractivity contribution in [2.75, 3.05) is 42.1 Å². The Morgan fingerprint density at radius 1 is 0.815 bits per heavy atom. The summed E-state index contributed by atoms with van der Waals surface area (Å²) in [7, 11) is 0. The van der Waals surface area contributed by atoms with Crippen LogP contribution in [0.15, 0.2) is 42.5 Å². The number of nitrogens with one attached hydrogen (secondary N) is 3. The second-order valence-corrected chi connectivity index (χ2v) is 5.78. The molecule has 0 aliphatic heterocycles. The molecule has 10 heteroatoms. The zero-order chi connectivity index (χ0) is 19.6. The molecule has 2 aromatic rings. The first-order valence-electron chi connectivity index (χ1n) is 8.55. The van der Waals surface area contributed by atoms with Crippen LogP contribution in [0.1, 0.15) is 6.42 Å². The van der Waals surface area contributed by atoms with E-state index < -0.39 is 9.85 Å². The van der Waals surface area contributed by atoms with E-state index in [0.29, 0.717) is 38.3 Å². The summed E-state index contributed by atoms with van der Waals surface area (Å²) in [5.41, 5.74) is 5.87. The van der Waals surface area contributed by atoms with Crippen molar-refractivity contribution in [2.45, 2.75) is 6.42 Å². The van der Waals surface area contributed by atoms with Crippen molar-refractivity contribution in [2.24, 2.45) is 0 Å². The van der Waals surface area contributed by atoms with Gasteiger partial charge >= 0.3 is 0 Å². The number of benzene rings is 2. The number of nitro benzene ring substituents is 2. The molecule has 2 aromatic carbocycles. The Balaban J connectivity index is 1.84. The lowest BCUT2D eigenvalue weighted by Crippen LogP contribution is -2.53. The summed E-state index contributed by atoms with van der Waals surface area (Å²) in [6, 6.07) is 11.0. The first kappa shape index (κ1) is 19.9. The molecule has 2 rings (SSSR count). The first-order chi connectivity index (χ1) is 13.0. The van der Waals surface area contributed by atoms with Gasteiger partial charge in [0.05, 0.1) is 22.9 Å². The molecule has 0 aromatic heterocycles. The van der Waals surface area contributed by atoms with Crippen LogP contribution in [0.3, 0.4) is 0 Å². The average molecular weight is 375 g/mol. The quantitative estimate of drug-likeness (QED) is 0.267. The molecule has 0 bridgehead atoms. The number of non-ortho nitro benzene ring substituents is 1. The first-order valence-corrected chi connectivity index (χ1v) is 8.55. The molecule has 0 atom stereocenters. The van der Waals surface area contributed by atoms with Gasteiger partial charge in [-0.25, -0.2) is 0 Å². The van der Waals surface area contributed by atoms with Crippen LogP contribution in [0.2, 0.25) is 0 Å². The Kier molecular flexibility index (Phi) is 7.32. The highest BCUT2D eigenvalue weighted by Crippen LogP contribution is 2.27. The maximum Gasteiger partial charge on any atom is 0.292 e. The number of anilines is 3. The third-order valence-corrected chi connectivity index (χ3v) is 3.78. The van der Waals surface area contributed by atoms with Crippen LogP contribution >= 0.6 is 0 Å². The monoisotopic (exact) mass is 375 g/mol. The summed E-state index contributed by atoms with van der Waals surface area (Å²) in [6.45, 7) is 2.57. The fraction of sp³-hybridized carbons (Fsp3) is 0.294. The second-order valence-electron chi connectivity index (χ2n) is 5.78. The zero-order valence-electron chi connectivity index (χ0n) is 14.8. The van der Waals surface area contributed by atoms with E-state index >= 15 is 0 Å². The van der Waals surface area contributed by atoms with Gasteiger partial charge in [0, 0.05) is 42.7 Å². The lowest BCUT2D eigenvalue weighted by molar-refractivity contribution is -0.384. The molecule has 0 saturated heterocycles. The highest BCUT2D eigenvalue weighted by atomic mass is 16.6. The summed E-state index contributed by atoms with van der Waals surface area (Å²) >= 11 is 0. The van der Waals surface area contributed by atoms with Crippen LogP contribution in [0, 0.1) is 20.2 Å². The van der Waals surface area contributed by atoms with Crippen LogP contribution < -0.4 is 21.7 Å². The van der Waals surface area contributed by atoms with Crippen molar-refractivity contribution >= 4 is 28.4 Å². The highest BCUT2D eigenvalue weighted by molar-refractivity contribution is 5.68. The highest BCUT2D eigenvalue weighted by Gasteiger charge is 2.13. The molecule has 0 fully saturated rings. The van der Waals surface area contributed by atoms with Gasteiger partial charge < -0.3 is 21.7 Å². The summed E-state index contributed by atoms with van der Waals surface area (Å²) in [6.07, 6.45) is 0.713. The maximum atomic E-state index is 11.2. The Bertz CT molecular complexity index is 781. The van der Waals surface area contributed by atoms with E-state index in [4.69, 9.17) is 0 Å². The molecule has 144 valence electrons. The van der Waals surface area contributed by atoms with E-state index in [1.54, 1.807) is 24.3 Å². The zero-order valence-corrected chi connectivity index (χ0v) is 14.8. The molecule has 0 aliphatic carbocycles. The van der Waals surface area contributed by atoms with E-state index in [-0.39, 0.29) is 11.4 Å². The number of nitrogens with zero attached hydrogens (tertiary/aromatic N) is 2. The smallest absolute Gasteiger partial charge is 0.292 e. The lowest BCUT2D eigenvalue weighted by Gasteiger charge is -2.11. The summed E-state index contributed by atoms with van der Waals surface area (Å²) in [4.78, 5) is 20.9. The summed E-state index contributed by atoms with van der Waals surface area (Å²) < 4.78 is 0. The fourth-order valence-electron chi connectivity index (χ4n) is 2.42. The third kappa shape index (κ3) is 6.12. The minimum atomic E-state index is -0.444. The summed E-state index contributed by atoms with van der Waals surface area (Å²) in [5.74, 6) is 0. The molecule has 0 spiro atoms. The normalized spacial score (nSPS) is 10.3. The number of rotatable bonds is 11. The van der Waals surface area contributed by atoms with Crippen molar-refractivity contribution in [1.29, 1.82) is 0 Å². The van der Waals surface area contributed by atoms with E-state index in [1.165, 1.54) is 18.2 Å². The van der Waals surface area contributed by atoms with Crippen molar-refractivity contribution in [3.63, 3.8) is 0 Å². The Labute approximate surface area is 156 Å². The van der Waals surface area contributed by atoms with Crippen molar-refractivity contribution in [3.05, 3.63) is 62.7 Å². The van der Waals surface area contributed by atoms with Gasteiger partial charge in [-0.1, -0.05) is 0 Å². The SMILES string of the molecule is [NH3+]CCNc1ccc([N+](=O)[O-])c(NCCCNc2ccc([N+](=O)[O-])cc2)c1. The minimum absolute atomic E-state index is 0.0264. The predicted molar refractivity (Wildman–Crippen MR) is 104 cm³/mol. The van der Waals surface area contributed by atoms with Gasteiger partial charge in [0.2, 0.25) is 0 Å². The number of quaternary nitrogens is 1. The van der Waals surface area contributed by atoms with Crippen LogP contribution in [-0.4, -0.2) is 36.0 Å². The van der Waals surface area contributed by atoms with Crippen molar-refractivity contribution < 1.29 is 15.6 Å². The standard InChI is InChI=1S/C17H22N6O4/c18-8-11-20-14-4-7-17(23(26)27)16(12-14)21-10-1-9-19-13-2-5-15(6-3-13)22(24)25/h2-7,12,19-21H,1,8-11,18H2/p+1. The molecular formula is C17H23N6O4+. The average Bonchev–Trinajstić information content (AvgIpc) is 2.66. The molecule has 6 N–H and O–H groups in total. The van der Waals surface area contributed by atoms with E-state index in [1.807, 2.05) is 0 Å². The predicted octanol–water partition coefficient (Wildman–Crippen LogP) is 2.07. The summed E-state index contributed by atoms with van der Waals surface area (Å²) in [5, 5.41) is 31.2. The molecule has 0 unspecified atom stereocenters. The van der Waals surface area contributed by atoms with E-state index in [2.05, 4.69) is 21.7 Å². The van der Waals surface area contributed by atoms with Crippen LogP contribution in [-0.2, 0) is 0 Å². The maximum absolute atomic E-state index is 11.2. The molecule has 27 heavy (non-hydrogen) atoms. The van der Waals surface area contributed by atoms with Crippen molar-refractivity contribution in [1.82, 2.24) is 0 Å². The van der Waals surface area contributed by atoms with Gasteiger partial charge in [-0.3, -0.25) is 20.2 Å². The number of nitro groups is 2. The van der Waals surface area contributed by atoms with Gasteiger partial charge in [-0.05, 0) is 30.7 Å². The van der Waals surface area contributed by atoms with E-state index in [0.717, 1.165) is 11.4 Å². The van der Waals surface area contributed by atoms with Gasteiger partial charge in [0.25, 0.3) is 11.4 Å². The second kappa shape index (κ2) is 9.92. The Morgan fingerprint density at radius 2 is 1.44 bits per heavy atom. The van der Waals surface area contributed by atoms with Gasteiger partial charge in [-0.15, -0.1) is 0 Å². The molecule has 0 heterocycles. The van der Waals surface area contributed by atoms with Gasteiger partial charge in [0.1, 0.15) is 5.69 Å². The lowest BCUT2D eigenvalue weighted by atomic mass is 10.2. The van der Waals surface area contributed by atoms with Crippen LogP contribution in [0.4, 0.5) is 28.4 Å². The molecule has 10 nitrogen and oxygen atoms in total. The molecule has 0 saturated carbocycles. The minimum Gasteiger partial charge on any atom is -0.385 e. The Morgan fingerprint density at radius 3 is 2.07 bits per heavy atom. The largest absolute Gasteiger partial charge is 0.385 e. The Hall–Kier alpha value is -3.40. The van der Waals surface area contributed by atoms with Gasteiger partial charge in [0.15, 0.2) is 0 Å². The molecule has 0 amide bonds. The number of hydrogen-bond donors (Lipinski definition) is 4. The van der Waals surface area contributed by atoms with Crippen molar-refractivity contribution in [3.8, 4) is 0 Å². The molecule has 0 aliphatic rings. The van der Waals surface area contributed by atoms with E-state index in [9.17, 15) is 20.2 Å².